The normalized spacial score (nSPS) is 11.2. The van der Waals surface area contributed by atoms with Crippen molar-refractivity contribution in [2.24, 2.45) is 0 Å². The van der Waals surface area contributed by atoms with Crippen molar-refractivity contribution in [1.82, 2.24) is 29.8 Å². The van der Waals surface area contributed by atoms with Gasteiger partial charge in [0, 0.05) is 11.8 Å². The van der Waals surface area contributed by atoms with E-state index in [1.165, 1.54) is 16.4 Å². The van der Waals surface area contributed by atoms with Crippen molar-refractivity contribution in [2.75, 3.05) is 5.84 Å². The molecule has 3 aromatic rings. The summed E-state index contributed by atoms with van der Waals surface area (Å²) < 4.78 is 8.25. The highest BCUT2D eigenvalue weighted by Gasteiger charge is 2.15. The molecular weight excluding hydrogens is 290 g/mol. The van der Waals surface area contributed by atoms with Crippen LogP contribution >= 0.6 is 11.8 Å². The highest BCUT2D eigenvalue weighted by Crippen LogP contribution is 2.22. The van der Waals surface area contributed by atoms with E-state index in [2.05, 4.69) is 20.5 Å². The minimum absolute atomic E-state index is 0.483. The number of hydrogen-bond acceptors (Lipinski definition) is 7. The van der Waals surface area contributed by atoms with Crippen LogP contribution in [0, 0.1) is 20.8 Å². The van der Waals surface area contributed by atoms with Gasteiger partial charge in [-0.3, -0.25) is 0 Å². The third-order valence-corrected chi connectivity index (χ3v) is 3.83. The largest absolute Gasteiger partial charge is 0.360 e. The average Bonchev–Trinajstić information content (AvgIpc) is 3.08. The van der Waals surface area contributed by atoms with Gasteiger partial charge >= 0.3 is 0 Å². The Morgan fingerprint density at radius 3 is 2.62 bits per heavy atom. The van der Waals surface area contributed by atoms with Crippen molar-refractivity contribution in [3.63, 3.8) is 0 Å². The predicted octanol–water partition coefficient (Wildman–Crippen LogP) is 1.38. The number of aromatic nitrogens is 6. The third-order valence-electron chi connectivity index (χ3n) is 2.87. The summed E-state index contributed by atoms with van der Waals surface area (Å²) in [6, 6.07) is 3.84. The maximum Gasteiger partial charge on any atom is 0.271 e. The molecule has 0 aliphatic rings. The molecule has 0 unspecified atom stereocenters. The van der Waals surface area contributed by atoms with Gasteiger partial charge < -0.3 is 10.4 Å². The van der Waals surface area contributed by atoms with Crippen LogP contribution in [-0.4, -0.2) is 29.8 Å². The Balaban J connectivity index is 1.81. The monoisotopic (exact) mass is 305 g/mol. The summed E-state index contributed by atoms with van der Waals surface area (Å²) in [6.07, 6.45) is 0. The van der Waals surface area contributed by atoms with E-state index >= 15 is 0 Å². The van der Waals surface area contributed by atoms with Crippen molar-refractivity contribution in [3.8, 4) is 5.95 Å². The maximum atomic E-state index is 6.05. The fourth-order valence-electron chi connectivity index (χ4n) is 1.96. The Bertz CT molecular complexity index is 773. The van der Waals surface area contributed by atoms with E-state index in [4.69, 9.17) is 10.4 Å². The summed E-state index contributed by atoms with van der Waals surface area (Å²) in [5, 5.41) is 17.0. The molecule has 0 spiro atoms. The second-order valence-electron chi connectivity index (χ2n) is 4.71. The van der Waals surface area contributed by atoms with Gasteiger partial charge in [0.05, 0.1) is 17.1 Å². The molecule has 0 saturated carbocycles. The molecule has 0 aliphatic carbocycles. The van der Waals surface area contributed by atoms with Crippen LogP contribution < -0.4 is 5.84 Å². The average molecular weight is 305 g/mol. The Kier molecular flexibility index (Phi) is 3.42. The first-order chi connectivity index (χ1) is 10.0. The van der Waals surface area contributed by atoms with Gasteiger partial charge in [0.2, 0.25) is 5.16 Å². The molecule has 0 fully saturated rings. The molecule has 3 rings (SSSR count). The van der Waals surface area contributed by atoms with Crippen molar-refractivity contribution in [3.05, 3.63) is 35.0 Å². The zero-order chi connectivity index (χ0) is 15.0. The number of aryl methyl sites for hydroxylation is 3. The lowest BCUT2D eigenvalue weighted by atomic mass is 10.4. The van der Waals surface area contributed by atoms with Gasteiger partial charge in [0.15, 0.2) is 0 Å². The molecule has 0 radical (unpaired) electrons. The molecule has 0 amide bonds. The van der Waals surface area contributed by atoms with Gasteiger partial charge in [-0.1, -0.05) is 16.9 Å². The zero-order valence-corrected chi connectivity index (χ0v) is 12.8. The summed E-state index contributed by atoms with van der Waals surface area (Å²) in [4.78, 5) is 0. The second kappa shape index (κ2) is 5.24. The van der Waals surface area contributed by atoms with E-state index in [-0.39, 0.29) is 0 Å². The van der Waals surface area contributed by atoms with Crippen molar-refractivity contribution < 1.29 is 4.52 Å². The van der Waals surface area contributed by atoms with E-state index in [0.717, 1.165) is 22.8 Å². The molecule has 3 heterocycles. The molecule has 8 nitrogen and oxygen atoms in total. The van der Waals surface area contributed by atoms with Crippen molar-refractivity contribution in [2.45, 2.75) is 31.7 Å². The molecule has 9 heteroatoms. The zero-order valence-electron chi connectivity index (χ0n) is 11.9. The standard InChI is InChI=1S/C12H15N7OS/c1-7-4-9(3)19(16-7)11-14-15-12(18(11)13)21-6-10-5-8(2)17-20-10/h4-5H,6,13H2,1-3H3. The van der Waals surface area contributed by atoms with Crippen LogP contribution in [-0.2, 0) is 5.75 Å². The summed E-state index contributed by atoms with van der Waals surface area (Å²) >= 11 is 1.43. The molecule has 21 heavy (non-hydrogen) atoms. The highest BCUT2D eigenvalue weighted by molar-refractivity contribution is 7.98. The van der Waals surface area contributed by atoms with Gasteiger partial charge in [-0.25, -0.2) is 9.36 Å². The topological polar surface area (TPSA) is 101 Å². The number of thioether (sulfide) groups is 1. The van der Waals surface area contributed by atoms with E-state index in [1.807, 2.05) is 32.9 Å². The van der Waals surface area contributed by atoms with E-state index in [9.17, 15) is 0 Å². The van der Waals surface area contributed by atoms with Crippen molar-refractivity contribution >= 4 is 11.8 Å². The van der Waals surface area contributed by atoms with Crippen molar-refractivity contribution in [1.29, 1.82) is 0 Å². The molecule has 0 atom stereocenters. The minimum atomic E-state index is 0.483. The van der Waals surface area contributed by atoms with E-state index in [1.54, 1.807) is 4.68 Å². The van der Waals surface area contributed by atoms with Crippen LogP contribution in [0.3, 0.4) is 0 Å². The summed E-state index contributed by atoms with van der Waals surface area (Å²) in [7, 11) is 0. The lowest BCUT2D eigenvalue weighted by Gasteiger charge is -2.04. The first-order valence-corrected chi connectivity index (χ1v) is 7.32. The minimum Gasteiger partial charge on any atom is -0.360 e. The van der Waals surface area contributed by atoms with Gasteiger partial charge in [-0.2, -0.15) is 5.10 Å². The van der Waals surface area contributed by atoms with Crippen LogP contribution in [0.2, 0.25) is 0 Å². The van der Waals surface area contributed by atoms with Crippen LogP contribution in [0.4, 0.5) is 0 Å². The summed E-state index contributed by atoms with van der Waals surface area (Å²) in [6.45, 7) is 5.74. The second-order valence-corrected chi connectivity index (χ2v) is 5.66. The Labute approximate surface area is 125 Å². The quantitative estimate of drug-likeness (QED) is 0.574. The fraction of sp³-hybridized carbons (Fsp3) is 0.333. The van der Waals surface area contributed by atoms with E-state index in [0.29, 0.717) is 16.9 Å². The van der Waals surface area contributed by atoms with Gasteiger partial charge in [-0.05, 0) is 26.8 Å². The number of rotatable bonds is 4. The molecule has 0 aromatic carbocycles. The van der Waals surface area contributed by atoms with Crippen LogP contribution in [0.1, 0.15) is 22.8 Å². The Hall–Kier alpha value is -2.29. The van der Waals surface area contributed by atoms with E-state index < -0.39 is 0 Å². The molecule has 0 bridgehead atoms. The fourth-order valence-corrected chi connectivity index (χ4v) is 2.69. The summed E-state index contributed by atoms with van der Waals surface area (Å²) in [5.41, 5.74) is 2.71. The molecular formula is C12H15N7OS. The number of hydrogen-bond donors (Lipinski definition) is 1. The van der Waals surface area contributed by atoms with Crippen LogP contribution in [0.15, 0.2) is 21.8 Å². The lowest BCUT2D eigenvalue weighted by Crippen LogP contribution is -2.17. The Morgan fingerprint density at radius 2 is 2.00 bits per heavy atom. The van der Waals surface area contributed by atoms with Crippen LogP contribution in [0.5, 0.6) is 0 Å². The molecule has 3 aromatic heterocycles. The van der Waals surface area contributed by atoms with Gasteiger partial charge in [0.25, 0.3) is 5.95 Å². The van der Waals surface area contributed by atoms with Gasteiger partial charge in [-0.15, -0.1) is 10.2 Å². The van der Waals surface area contributed by atoms with Gasteiger partial charge in [0.1, 0.15) is 5.76 Å². The first-order valence-electron chi connectivity index (χ1n) is 6.33. The molecule has 2 N–H and O–H groups in total. The highest BCUT2D eigenvalue weighted by atomic mass is 32.2. The Morgan fingerprint density at radius 1 is 1.19 bits per heavy atom. The lowest BCUT2D eigenvalue weighted by molar-refractivity contribution is 0.391. The maximum absolute atomic E-state index is 6.05. The number of nitrogens with zero attached hydrogens (tertiary/aromatic N) is 6. The van der Waals surface area contributed by atoms with Crippen LogP contribution in [0.25, 0.3) is 5.95 Å². The molecule has 0 aliphatic heterocycles. The number of nitrogen functional groups attached to an aromatic ring is 1. The first kappa shape index (κ1) is 13.7. The number of nitrogens with two attached hydrogens (primary N) is 1. The molecule has 110 valence electrons. The predicted molar refractivity (Wildman–Crippen MR) is 77.6 cm³/mol. The molecule has 0 saturated heterocycles. The third kappa shape index (κ3) is 2.64. The smallest absolute Gasteiger partial charge is 0.271 e. The summed E-state index contributed by atoms with van der Waals surface area (Å²) in [5.74, 6) is 7.89. The SMILES string of the molecule is Cc1cc(CSc2nnc(-n3nc(C)cc3C)n2N)on1.